The van der Waals surface area contributed by atoms with Crippen LogP contribution in [0.1, 0.15) is 32.3 Å². The van der Waals surface area contributed by atoms with Gasteiger partial charge >= 0.3 is 0 Å². The molecule has 0 aliphatic carbocycles. The summed E-state index contributed by atoms with van der Waals surface area (Å²) in [6, 6.07) is 6.83. The SMILES string of the molecule is CCNC(=NCc1ccc(S(C)(=O)=O)cc1)NCCCCOCC. The fourth-order valence-corrected chi connectivity index (χ4v) is 2.66. The number of sulfone groups is 1. The number of benzene rings is 1. The van der Waals surface area contributed by atoms with Crippen molar-refractivity contribution in [3.63, 3.8) is 0 Å². The van der Waals surface area contributed by atoms with Crippen LogP contribution in [-0.4, -0.2) is 46.9 Å². The predicted molar refractivity (Wildman–Crippen MR) is 98.1 cm³/mol. The van der Waals surface area contributed by atoms with Gasteiger partial charge in [-0.2, -0.15) is 0 Å². The van der Waals surface area contributed by atoms with Crippen LogP contribution in [0.2, 0.25) is 0 Å². The summed E-state index contributed by atoms with van der Waals surface area (Å²) < 4.78 is 28.2. The molecule has 0 bridgehead atoms. The van der Waals surface area contributed by atoms with Crippen molar-refractivity contribution >= 4 is 15.8 Å². The minimum absolute atomic E-state index is 0.328. The Balaban J connectivity index is 2.50. The summed E-state index contributed by atoms with van der Waals surface area (Å²) in [4.78, 5) is 4.85. The van der Waals surface area contributed by atoms with Crippen molar-refractivity contribution in [3.8, 4) is 0 Å². The summed E-state index contributed by atoms with van der Waals surface area (Å²) >= 11 is 0. The average Bonchev–Trinajstić information content (AvgIpc) is 2.55. The van der Waals surface area contributed by atoms with E-state index >= 15 is 0 Å². The van der Waals surface area contributed by atoms with Gasteiger partial charge in [0.2, 0.25) is 0 Å². The maximum Gasteiger partial charge on any atom is 0.191 e. The van der Waals surface area contributed by atoms with Crippen LogP contribution < -0.4 is 10.6 Å². The van der Waals surface area contributed by atoms with Crippen LogP contribution in [-0.2, 0) is 21.1 Å². The van der Waals surface area contributed by atoms with Crippen molar-refractivity contribution in [2.75, 3.05) is 32.6 Å². The Bertz CT molecular complexity index is 598. The van der Waals surface area contributed by atoms with Crippen molar-refractivity contribution in [3.05, 3.63) is 29.8 Å². The molecule has 0 saturated carbocycles. The minimum atomic E-state index is -3.15. The van der Waals surface area contributed by atoms with Gasteiger partial charge in [0, 0.05) is 32.6 Å². The summed E-state index contributed by atoms with van der Waals surface area (Å²) in [7, 11) is -3.15. The summed E-state index contributed by atoms with van der Waals surface area (Å²) in [5.74, 6) is 0.765. The highest BCUT2D eigenvalue weighted by Gasteiger charge is 2.06. The maximum absolute atomic E-state index is 11.5. The van der Waals surface area contributed by atoms with Gasteiger partial charge in [0.15, 0.2) is 15.8 Å². The Morgan fingerprint density at radius 1 is 1.12 bits per heavy atom. The van der Waals surface area contributed by atoms with Gasteiger partial charge in [-0.1, -0.05) is 12.1 Å². The third kappa shape index (κ3) is 8.31. The summed E-state index contributed by atoms with van der Waals surface area (Å²) in [5.41, 5.74) is 0.968. The number of nitrogens with zero attached hydrogens (tertiary/aromatic N) is 1. The smallest absolute Gasteiger partial charge is 0.191 e. The van der Waals surface area contributed by atoms with E-state index in [0.29, 0.717) is 11.4 Å². The first-order valence-electron chi connectivity index (χ1n) is 8.36. The second-order valence-electron chi connectivity index (χ2n) is 5.44. The van der Waals surface area contributed by atoms with Gasteiger partial charge in [-0.05, 0) is 44.4 Å². The molecular weight excluding hydrogens is 326 g/mol. The Labute approximate surface area is 145 Å². The molecule has 1 aromatic rings. The lowest BCUT2D eigenvalue weighted by molar-refractivity contribution is 0.143. The number of hydrogen-bond donors (Lipinski definition) is 2. The van der Waals surface area contributed by atoms with Gasteiger partial charge in [0.25, 0.3) is 0 Å². The van der Waals surface area contributed by atoms with Crippen LogP contribution in [0.15, 0.2) is 34.2 Å². The molecule has 1 rings (SSSR count). The highest BCUT2D eigenvalue weighted by molar-refractivity contribution is 7.90. The number of aliphatic imine (C=N–C) groups is 1. The number of unbranched alkanes of at least 4 members (excludes halogenated alkanes) is 1. The van der Waals surface area contributed by atoms with E-state index in [2.05, 4.69) is 15.6 Å². The monoisotopic (exact) mass is 355 g/mol. The van der Waals surface area contributed by atoms with E-state index < -0.39 is 9.84 Å². The van der Waals surface area contributed by atoms with Crippen LogP contribution in [0.4, 0.5) is 0 Å². The third-order valence-corrected chi connectivity index (χ3v) is 4.46. The number of rotatable bonds is 10. The van der Waals surface area contributed by atoms with Crippen LogP contribution in [0.5, 0.6) is 0 Å². The van der Waals surface area contributed by atoms with Gasteiger partial charge in [-0.3, -0.25) is 0 Å². The summed E-state index contributed by atoms with van der Waals surface area (Å²) in [5, 5.41) is 6.49. The van der Waals surface area contributed by atoms with Crippen LogP contribution >= 0.6 is 0 Å². The molecule has 0 unspecified atom stereocenters. The van der Waals surface area contributed by atoms with Crippen molar-refractivity contribution in [1.29, 1.82) is 0 Å². The third-order valence-electron chi connectivity index (χ3n) is 3.33. The van der Waals surface area contributed by atoms with E-state index in [9.17, 15) is 8.42 Å². The molecular formula is C17H29N3O3S. The van der Waals surface area contributed by atoms with Gasteiger partial charge in [-0.25, -0.2) is 13.4 Å². The molecule has 24 heavy (non-hydrogen) atoms. The number of ether oxygens (including phenoxy) is 1. The second-order valence-corrected chi connectivity index (χ2v) is 7.46. The van der Waals surface area contributed by atoms with E-state index in [0.717, 1.165) is 50.7 Å². The Kier molecular flexibility index (Phi) is 9.41. The first kappa shape index (κ1) is 20.4. The zero-order valence-electron chi connectivity index (χ0n) is 14.8. The van der Waals surface area contributed by atoms with Crippen LogP contribution in [0.3, 0.4) is 0 Å². The summed E-state index contributed by atoms with van der Waals surface area (Å²) in [6.45, 7) is 7.69. The predicted octanol–water partition coefficient (Wildman–Crippen LogP) is 1.96. The molecule has 7 heteroatoms. The van der Waals surface area contributed by atoms with Crippen LogP contribution in [0, 0.1) is 0 Å². The molecule has 0 aliphatic heterocycles. The molecule has 0 spiro atoms. The van der Waals surface area contributed by atoms with Crippen molar-refractivity contribution in [2.24, 2.45) is 4.99 Å². The van der Waals surface area contributed by atoms with Crippen LogP contribution in [0.25, 0.3) is 0 Å². The van der Waals surface area contributed by atoms with E-state index in [1.165, 1.54) is 6.26 Å². The van der Waals surface area contributed by atoms with Crippen molar-refractivity contribution in [2.45, 2.75) is 38.1 Å². The molecule has 0 aromatic heterocycles. The Morgan fingerprint density at radius 3 is 2.42 bits per heavy atom. The molecule has 0 fully saturated rings. The molecule has 0 saturated heterocycles. The first-order valence-corrected chi connectivity index (χ1v) is 10.3. The fraction of sp³-hybridized carbons (Fsp3) is 0.588. The second kappa shape index (κ2) is 11.0. The molecule has 6 nitrogen and oxygen atoms in total. The quantitative estimate of drug-likeness (QED) is 0.381. The molecule has 0 heterocycles. The molecule has 1 aromatic carbocycles. The number of hydrogen-bond acceptors (Lipinski definition) is 4. The van der Waals surface area contributed by atoms with E-state index in [4.69, 9.17) is 4.74 Å². The lowest BCUT2D eigenvalue weighted by Gasteiger charge is -2.11. The lowest BCUT2D eigenvalue weighted by atomic mass is 10.2. The van der Waals surface area contributed by atoms with E-state index in [1.54, 1.807) is 24.3 Å². The van der Waals surface area contributed by atoms with Gasteiger partial charge in [0.1, 0.15) is 0 Å². The first-order chi connectivity index (χ1) is 11.5. The summed E-state index contributed by atoms with van der Waals surface area (Å²) in [6.07, 6.45) is 3.25. The highest BCUT2D eigenvalue weighted by atomic mass is 32.2. The Hall–Kier alpha value is -1.60. The Morgan fingerprint density at radius 2 is 1.83 bits per heavy atom. The molecule has 0 amide bonds. The van der Waals surface area contributed by atoms with E-state index in [1.807, 2.05) is 13.8 Å². The van der Waals surface area contributed by atoms with E-state index in [-0.39, 0.29) is 0 Å². The molecule has 0 aliphatic rings. The molecule has 2 N–H and O–H groups in total. The number of nitrogens with one attached hydrogen (secondary N) is 2. The zero-order valence-corrected chi connectivity index (χ0v) is 15.7. The maximum atomic E-state index is 11.5. The molecule has 136 valence electrons. The molecule has 0 radical (unpaired) electrons. The minimum Gasteiger partial charge on any atom is -0.382 e. The van der Waals surface area contributed by atoms with Crippen molar-refractivity contribution in [1.82, 2.24) is 10.6 Å². The number of guanidine groups is 1. The topological polar surface area (TPSA) is 79.8 Å². The van der Waals surface area contributed by atoms with Gasteiger partial charge < -0.3 is 15.4 Å². The standard InChI is InChI=1S/C17H29N3O3S/c1-4-18-17(19-12-6-7-13-23-5-2)20-14-15-8-10-16(11-9-15)24(3,21)22/h8-11H,4-7,12-14H2,1-3H3,(H2,18,19,20). The molecule has 0 atom stereocenters. The van der Waals surface area contributed by atoms with Gasteiger partial charge in [0.05, 0.1) is 11.4 Å². The van der Waals surface area contributed by atoms with Gasteiger partial charge in [-0.15, -0.1) is 0 Å². The largest absolute Gasteiger partial charge is 0.382 e. The van der Waals surface area contributed by atoms with Crippen molar-refractivity contribution < 1.29 is 13.2 Å². The highest BCUT2D eigenvalue weighted by Crippen LogP contribution is 2.10. The zero-order chi connectivity index (χ0) is 17.8. The average molecular weight is 356 g/mol. The normalized spacial score (nSPS) is 12.2. The fourth-order valence-electron chi connectivity index (χ4n) is 2.03. The lowest BCUT2D eigenvalue weighted by Crippen LogP contribution is -2.37.